The van der Waals surface area contributed by atoms with Gasteiger partial charge in [0.25, 0.3) is 0 Å². The highest BCUT2D eigenvalue weighted by Crippen LogP contribution is 2.07. The Morgan fingerprint density at radius 3 is 2.63 bits per heavy atom. The predicted molar refractivity (Wildman–Crippen MR) is 111 cm³/mol. The molecule has 1 heterocycles. The van der Waals surface area contributed by atoms with Gasteiger partial charge >= 0.3 is 0 Å². The largest absolute Gasteiger partial charge is 0.357 e. The van der Waals surface area contributed by atoms with E-state index in [0.717, 1.165) is 50.8 Å². The molecule has 0 saturated heterocycles. The number of nitrogens with one attached hydrogen (secondary N) is 2. The second-order valence-electron chi connectivity index (χ2n) is 6.75. The fourth-order valence-electron chi connectivity index (χ4n) is 2.87. The van der Waals surface area contributed by atoms with Crippen LogP contribution in [-0.4, -0.2) is 65.4 Å². The first kappa shape index (κ1) is 20.9. The third-order valence-electron chi connectivity index (χ3n) is 4.51. The van der Waals surface area contributed by atoms with E-state index in [-0.39, 0.29) is 0 Å². The summed E-state index contributed by atoms with van der Waals surface area (Å²) in [6.07, 6.45) is 3.65. The van der Waals surface area contributed by atoms with Crippen molar-refractivity contribution in [2.24, 2.45) is 4.99 Å². The maximum absolute atomic E-state index is 4.80. The average Bonchev–Trinajstić information content (AvgIpc) is 3.13. The van der Waals surface area contributed by atoms with Crippen molar-refractivity contribution in [2.75, 3.05) is 33.7 Å². The Hall–Kier alpha value is -2.41. The smallest absolute Gasteiger partial charge is 0.191 e. The second kappa shape index (κ2) is 11.3. The lowest BCUT2D eigenvalue weighted by molar-refractivity contribution is 0.298. The summed E-state index contributed by atoms with van der Waals surface area (Å²) in [4.78, 5) is 7.05. The van der Waals surface area contributed by atoms with Crippen molar-refractivity contribution in [3.05, 3.63) is 48.0 Å². The molecule has 0 aliphatic rings. The molecule has 0 saturated carbocycles. The standard InChI is InChI=1S/C20H33N7/c1-5-19-25-24-16-27(19)13-12-22-20(21-6-2)23-15-18(26(3)4)14-17-10-8-7-9-11-17/h7-11,16,18H,5-6,12-15H2,1-4H3,(H2,21,22,23). The van der Waals surface area contributed by atoms with Crippen LogP contribution in [0.3, 0.4) is 0 Å². The summed E-state index contributed by atoms with van der Waals surface area (Å²) in [6, 6.07) is 10.9. The molecule has 2 rings (SSSR count). The van der Waals surface area contributed by atoms with Gasteiger partial charge in [0.1, 0.15) is 12.2 Å². The number of likely N-dealkylation sites (N-methyl/N-ethyl adjacent to an activating group) is 1. The summed E-state index contributed by atoms with van der Waals surface area (Å²) in [5.41, 5.74) is 1.34. The van der Waals surface area contributed by atoms with E-state index in [1.165, 1.54) is 5.56 Å². The third-order valence-corrected chi connectivity index (χ3v) is 4.51. The zero-order chi connectivity index (χ0) is 19.5. The topological polar surface area (TPSA) is 70.4 Å². The number of hydrogen-bond donors (Lipinski definition) is 2. The van der Waals surface area contributed by atoms with Gasteiger partial charge in [-0.15, -0.1) is 10.2 Å². The van der Waals surface area contributed by atoms with E-state index in [9.17, 15) is 0 Å². The lowest BCUT2D eigenvalue weighted by atomic mass is 10.1. The summed E-state index contributed by atoms with van der Waals surface area (Å²) < 4.78 is 2.08. The van der Waals surface area contributed by atoms with Crippen molar-refractivity contribution in [3.63, 3.8) is 0 Å². The number of nitrogens with zero attached hydrogens (tertiary/aromatic N) is 5. The van der Waals surface area contributed by atoms with Crippen molar-refractivity contribution in [1.82, 2.24) is 30.3 Å². The Kier molecular flexibility index (Phi) is 8.77. The highest BCUT2D eigenvalue weighted by atomic mass is 15.3. The van der Waals surface area contributed by atoms with Gasteiger partial charge < -0.3 is 20.1 Å². The maximum Gasteiger partial charge on any atom is 0.191 e. The summed E-state index contributed by atoms with van der Waals surface area (Å²) in [6.45, 7) is 7.35. The van der Waals surface area contributed by atoms with E-state index in [1.54, 1.807) is 6.33 Å². The van der Waals surface area contributed by atoms with Crippen LogP contribution >= 0.6 is 0 Å². The molecule has 7 heteroatoms. The Labute approximate surface area is 162 Å². The molecule has 1 aromatic carbocycles. The second-order valence-corrected chi connectivity index (χ2v) is 6.75. The predicted octanol–water partition coefficient (Wildman–Crippen LogP) is 1.57. The molecular weight excluding hydrogens is 338 g/mol. The number of aromatic nitrogens is 3. The molecule has 0 radical (unpaired) electrons. The van der Waals surface area contributed by atoms with Gasteiger partial charge in [0, 0.05) is 32.1 Å². The minimum Gasteiger partial charge on any atom is -0.357 e. The molecule has 0 spiro atoms. The quantitative estimate of drug-likeness (QED) is 0.490. The van der Waals surface area contributed by atoms with Crippen molar-refractivity contribution >= 4 is 5.96 Å². The Morgan fingerprint density at radius 2 is 1.96 bits per heavy atom. The van der Waals surface area contributed by atoms with Crippen LogP contribution in [-0.2, 0) is 19.4 Å². The molecule has 0 aliphatic heterocycles. The van der Waals surface area contributed by atoms with Crippen LogP contribution in [0.5, 0.6) is 0 Å². The molecule has 1 aromatic heterocycles. The number of aryl methyl sites for hydroxylation is 1. The molecule has 1 unspecified atom stereocenters. The minimum absolute atomic E-state index is 0.354. The number of hydrogen-bond acceptors (Lipinski definition) is 4. The first-order chi connectivity index (χ1) is 13.1. The van der Waals surface area contributed by atoms with Gasteiger partial charge in [0.15, 0.2) is 5.96 Å². The van der Waals surface area contributed by atoms with Crippen LogP contribution in [0.25, 0.3) is 0 Å². The van der Waals surface area contributed by atoms with Crippen LogP contribution in [0.2, 0.25) is 0 Å². The highest BCUT2D eigenvalue weighted by Gasteiger charge is 2.12. The minimum atomic E-state index is 0.354. The maximum atomic E-state index is 4.80. The van der Waals surface area contributed by atoms with Crippen LogP contribution < -0.4 is 10.6 Å². The highest BCUT2D eigenvalue weighted by molar-refractivity contribution is 5.79. The van der Waals surface area contributed by atoms with E-state index in [0.29, 0.717) is 6.04 Å². The average molecular weight is 372 g/mol. The molecule has 0 amide bonds. The van der Waals surface area contributed by atoms with E-state index in [1.807, 2.05) is 0 Å². The zero-order valence-corrected chi connectivity index (χ0v) is 17.0. The summed E-state index contributed by atoms with van der Waals surface area (Å²) in [5, 5.41) is 14.8. The molecular formula is C20H33N7. The number of aliphatic imine (C=N–C) groups is 1. The van der Waals surface area contributed by atoms with Crippen molar-refractivity contribution < 1.29 is 0 Å². The number of benzene rings is 1. The fourth-order valence-corrected chi connectivity index (χ4v) is 2.87. The Bertz CT molecular complexity index is 679. The van der Waals surface area contributed by atoms with Crippen molar-refractivity contribution in [1.29, 1.82) is 0 Å². The van der Waals surface area contributed by atoms with Crippen LogP contribution in [0.1, 0.15) is 25.2 Å². The van der Waals surface area contributed by atoms with E-state index >= 15 is 0 Å². The van der Waals surface area contributed by atoms with E-state index < -0.39 is 0 Å². The van der Waals surface area contributed by atoms with Gasteiger partial charge in [-0.05, 0) is 33.0 Å². The number of rotatable bonds is 10. The van der Waals surface area contributed by atoms with Crippen molar-refractivity contribution in [3.8, 4) is 0 Å². The van der Waals surface area contributed by atoms with Gasteiger partial charge in [-0.2, -0.15) is 0 Å². The molecule has 0 bridgehead atoms. The summed E-state index contributed by atoms with van der Waals surface area (Å²) in [5.74, 6) is 1.86. The molecule has 148 valence electrons. The van der Waals surface area contributed by atoms with Gasteiger partial charge in [-0.3, -0.25) is 4.99 Å². The Morgan fingerprint density at radius 1 is 1.19 bits per heavy atom. The SMILES string of the molecule is CCNC(=NCC(Cc1ccccc1)N(C)C)NCCn1cnnc1CC. The number of guanidine groups is 1. The van der Waals surface area contributed by atoms with Crippen LogP contribution in [0.15, 0.2) is 41.7 Å². The molecule has 1 atom stereocenters. The van der Waals surface area contributed by atoms with Gasteiger partial charge in [0.2, 0.25) is 0 Å². The molecule has 0 aliphatic carbocycles. The lowest BCUT2D eigenvalue weighted by Crippen LogP contribution is -2.41. The zero-order valence-electron chi connectivity index (χ0n) is 17.0. The Balaban J connectivity index is 1.91. The van der Waals surface area contributed by atoms with Gasteiger partial charge in [-0.25, -0.2) is 0 Å². The summed E-state index contributed by atoms with van der Waals surface area (Å²) in [7, 11) is 4.23. The first-order valence-electron chi connectivity index (χ1n) is 9.73. The molecule has 7 nitrogen and oxygen atoms in total. The van der Waals surface area contributed by atoms with E-state index in [2.05, 4.69) is 88.6 Å². The fraction of sp³-hybridized carbons (Fsp3) is 0.550. The molecule has 2 N–H and O–H groups in total. The monoisotopic (exact) mass is 371 g/mol. The van der Waals surface area contributed by atoms with Crippen LogP contribution in [0, 0.1) is 0 Å². The van der Waals surface area contributed by atoms with Gasteiger partial charge in [0.05, 0.1) is 6.54 Å². The lowest BCUT2D eigenvalue weighted by Gasteiger charge is -2.23. The normalized spacial score (nSPS) is 13.0. The molecule has 0 fully saturated rings. The van der Waals surface area contributed by atoms with Crippen LogP contribution in [0.4, 0.5) is 0 Å². The van der Waals surface area contributed by atoms with Gasteiger partial charge in [-0.1, -0.05) is 37.3 Å². The van der Waals surface area contributed by atoms with Crippen molar-refractivity contribution in [2.45, 2.75) is 39.3 Å². The third kappa shape index (κ3) is 7.02. The first-order valence-corrected chi connectivity index (χ1v) is 9.73. The molecule has 2 aromatic rings. The molecule has 27 heavy (non-hydrogen) atoms. The van der Waals surface area contributed by atoms with E-state index in [4.69, 9.17) is 4.99 Å². The summed E-state index contributed by atoms with van der Waals surface area (Å²) >= 11 is 0.